The van der Waals surface area contributed by atoms with Gasteiger partial charge in [-0.15, -0.1) is 0 Å². The number of hydrogen-bond acceptors (Lipinski definition) is 6. The van der Waals surface area contributed by atoms with Crippen molar-refractivity contribution in [3.05, 3.63) is 75.3 Å². The van der Waals surface area contributed by atoms with Crippen molar-refractivity contribution in [2.24, 2.45) is 0 Å². The highest BCUT2D eigenvalue weighted by atomic mass is 35.5. The Morgan fingerprint density at radius 1 is 1.08 bits per heavy atom. The first-order valence-corrected chi connectivity index (χ1v) is 13.5. The van der Waals surface area contributed by atoms with E-state index >= 15 is 0 Å². The van der Waals surface area contributed by atoms with E-state index < -0.39 is 10.0 Å². The van der Waals surface area contributed by atoms with E-state index in [2.05, 4.69) is 9.62 Å². The Labute approximate surface area is 221 Å². The quantitative estimate of drug-likeness (QED) is 0.382. The van der Waals surface area contributed by atoms with Gasteiger partial charge in [0.1, 0.15) is 39.9 Å². The fraction of sp³-hybridized carbons (Fsp3) is 0.269. The van der Waals surface area contributed by atoms with Gasteiger partial charge in [0.2, 0.25) is 0 Å². The highest BCUT2D eigenvalue weighted by Crippen LogP contribution is 2.37. The van der Waals surface area contributed by atoms with Crippen LogP contribution in [-0.2, 0) is 10.0 Å². The van der Waals surface area contributed by atoms with Gasteiger partial charge in [-0.05, 0) is 68.8 Å². The number of anilines is 1. The molecule has 188 valence electrons. The standard InChI is InChI=1S/C26H25Cl2N3O4S/c1-16-12-23(20(14-29)26(28)17(16)2)35-22-6-4-5-7-25(22)36(32,33)30-18-8-9-21(27)24(13-18)34-19-10-11-31(3)15-19/h4-9,12-13,19,30H,10-11,15H2,1-3H3/t19-/m1/s1. The zero-order valence-electron chi connectivity index (χ0n) is 20.0. The second-order valence-electron chi connectivity index (χ2n) is 8.71. The maximum Gasteiger partial charge on any atom is 0.265 e. The molecule has 1 heterocycles. The number of rotatable bonds is 7. The van der Waals surface area contributed by atoms with Crippen LogP contribution in [0.15, 0.2) is 53.4 Å². The molecule has 3 aromatic carbocycles. The molecule has 0 spiro atoms. The molecule has 10 heteroatoms. The van der Waals surface area contributed by atoms with E-state index in [1.165, 1.54) is 12.1 Å². The average Bonchev–Trinajstić information content (AvgIpc) is 3.24. The van der Waals surface area contributed by atoms with Gasteiger partial charge in [-0.2, -0.15) is 5.26 Å². The fourth-order valence-corrected chi connectivity index (χ4v) is 5.57. The topological polar surface area (TPSA) is 91.7 Å². The van der Waals surface area contributed by atoms with Crippen molar-refractivity contribution >= 4 is 38.9 Å². The molecule has 0 radical (unpaired) electrons. The van der Waals surface area contributed by atoms with E-state index in [1.54, 1.807) is 43.3 Å². The smallest absolute Gasteiger partial charge is 0.265 e. The van der Waals surface area contributed by atoms with Crippen LogP contribution in [-0.4, -0.2) is 39.6 Å². The first-order valence-electron chi connectivity index (χ1n) is 11.2. The van der Waals surface area contributed by atoms with Gasteiger partial charge in [0.05, 0.1) is 15.7 Å². The van der Waals surface area contributed by atoms with Crippen molar-refractivity contribution in [1.29, 1.82) is 5.26 Å². The minimum Gasteiger partial charge on any atom is -0.487 e. The SMILES string of the molecule is Cc1cc(Oc2ccccc2S(=O)(=O)Nc2ccc(Cl)c(O[C@@H]3CCN(C)C3)c2)c(C#N)c(Cl)c1C. The summed E-state index contributed by atoms with van der Waals surface area (Å²) < 4.78 is 41.3. The summed E-state index contributed by atoms with van der Waals surface area (Å²) in [5.74, 6) is 0.641. The molecule has 1 aliphatic heterocycles. The minimum absolute atomic E-state index is 0.0207. The summed E-state index contributed by atoms with van der Waals surface area (Å²) in [5, 5.41) is 10.3. The second-order valence-corrected chi connectivity index (χ2v) is 11.1. The summed E-state index contributed by atoms with van der Waals surface area (Å²) in [6, 6.07) is 14.6. The number of hydrogen-bond donors (Lipinski definition) is 1. The van der Waals surface area contributed by atoms with Crippen LogP contribution < -0.4 is 14.2 Å². The monoisotopic (exact) mass is 545 g/mol. The number of sulfonamides is 1. The van der Waals surface area contributed by atoms with Gasteiger partial charge in [0, 0.05) is 19.2 Å². The molecule has 0 aliphatic carbocycles. The number of likely N-dealkylation sites (N-methyl/N-ethyl adjacent to an activating group) is 1. The molecule has 0 amide bonds. The number of nitrogens with zero attached hydrogens (tertiary/aromatic N) is 2. The predicted octanol–water partition coefficient (Wildman–Crippen LogP) is 6.16. The van der Waals surface area contributed by atoms with Crippen LogP contribution in [0.4, 0.5) is 5.69 Å². The fourth-order valence-electron chi connectivity index (χ4n) is 3.94. The van der Waals surface area contributed by atoms with Crippen LogP contribution >= 0.6 is 23.2 Å². The summed E-state index contributed by atoms with van der Waals surface area (Å²) in [5.41, 5.74) is 2.00. The predicted molar refractivity (Wildman–Crippen MR) is 141 cm³/mol. The third-order valence-electron chi connectivity index (χ3n) is 6.03. The van der Waals surface area contributed by atoms with Crippen LogP contribution in [0.3, 0.4) is 0 Å². The van der Waals surface area contributed by atoms with Gasteiger partial charge in [-0.25, -0.2) is 8.42 Å². The molecule has 4 rings (SSSR count). The van der Waals surface area contributed by atoms with Crippen molar-refractivity contribution < 1.29 is 17.9 Å². The van der Waals surface area contributed by atoms with Gasteiger partial charge in [-0.1, -0.05) is 35.3 Å². The molecule has 36 heavy (non-hydrogen) atoms. The number of benzene rings is 3. The Hall–Kier alpha value is -2.96. The molecule has 0 saturated carbocycles. The Kier molecular flexibility index (Phi) is 7.67. The highest BCUT2D eigenvalue weighted by molar-refractivity contribution is 7.92. The molecule has 0 bridgehead atoms. The normalized spacial score (nSPS) is 15.9. The largest absolute Gasteiger partial charge is 0.487 e. The van der Waals surface area contributed by atoms with Crippen LogP contribution in [0.25, 0.3) is 0 Å². The minimum atomic E-state index is -4.08. The Morgan fingerprint density at radius 3 is 2.53 bits per heavy atom. The van der Waals surface area contributed by atoms with Crippen molar-refractivity contribution in [3.63, 3.8) is 0 Å². The van der Waals surface area contributed by atoms with E-state index in [4.69, 9.17) is 32.7 Å². The number of likely N-dealkylation sites (tertiary alicyclic amines) is 1. The van der Waals surface area contributed by atoms with Crippen LogP contribution in [0.1, 0.15) is 23.1 Å². The van der Waals surface area contributed by atoms with Crippen LogP contribution in [0.2, 0.25) is 10.0 Å². The van der Waals surface area contributed by atoms with E-state index in [9.17, 15) is 13.7 Å². The molecule has 1 atom stereocenters. The Morgan fingerprint density at radius 2 is 1.83 bits per heavy atom. The lowest BCUT2D eigenvalue weighted by atomic mass is 10.1. The first-order chi connectivity index (χ1) is 17.1. The molecular weight excluding hydrogens is 521 g/mol. The maximum atomic E-state index is 13.4. The number of ether oxygens (including phenoxy) is 2. The molecule has 1 saturated heterocycles. The summed E-state index contributed by atoms with van der Waals surface area (Å²) >= 11 is 12.7. The first kappa shape index (κ1) is 26.1. The zero-order chi connectivity index (χ0) is 26.0. The lowest BCUT2D eigenvalue weighted by Crippen LogP contribution is -2.21. The molecule has 0 unspecified atom stereocenters. The van der Waals surface area contributed by atoms with Gasteiger partial charge >= 0.3 is 0 Å². The summed E-state index contributed by atoms with van der Waals surface area (Å²) in [7, 11) is -2.06. The molecule has 3 aromatic rings. The number of aryl methyl sites for hydroxylation is 1. The molecule has 1 fully saturated rings. The Bertz CT molecular complexity index is 1450. The second kappa shape index (κ2) is 10.6. The lowest BCUT2D eigenvalue weighted by molar-refractivity contribution is 0.208. The van der Waals surface area contributed by atoms with E-state index in [-0.39, 0.29) is 33.1 Å². The Balaban J connectivity index is 1.63. The third-order valence-corrected chi connectivity index (χ3v) is 8.24. The van der Waals surface area contributed by atoms with Gasteiger partial charge in [0.25, 0.3) is 10.0 Å². The van der Waals surface area contributed by atoms with Gasteiger partial charge in [0.15, 0.2) is 0 Å². The summed E-state index contributed by atoms with van der Waals surface area (Å²) in [6.07, 6.45) is 0.841. The molecule has 1 N–H and O–H groups in total. The number of nitriles is 1. The maximum absolute atomic E-state index is 13.4. The highest BCUT2D eigenvalue weighted by Gasteiger charge is 2.24. The molecule has 0 aromatic heterocycles. The average molecular weight is 546 g/mol. The molecular formula is C26H25Cl2N3O4S. The van der Waals surface area contributed by atoms with Crippen molar-refractivity contribution in [2.75, 3.05) is 24.9 Å². The molecule has 1 aliphatic rings. The van der Waals surface area contributed by atoms with Crippen LogP contribution in [0.5, 0.6) is 17.2 Å². The van der Waals surface area contributed by atoms with Crippen molar-refractivity contribution in [3.8, 4) is 23.3 Å². The van der Waals surface area contributed by atoms with E-state index in [1.807, 2.05) is 20.0 Å². The van der Waals surface area contributed by atoms with Gasteiger partial charge < -0.3 is 14.4 Å². The number of nitrogens with one attached hydrogen (secondary N) is 1. The number of halogens is 2. The van der Waals surface area contributed by atoms with Crippen LogP contribution in [0, 0.1) is 25.2 Å². The lowest BCUT2D eigenvalue weighted by Gasteiger charge is -2.17. The van der Waals surface area contributed by atoms with Crippen molar-refractivity contribution in [1.82, 2.24) is 4.90 Å². The van der Waals surface area contributed by atoms with Gasteiger partial charge in [-0.3, -0.25) is 4.72 Å². The summed E-state index contributed by atoms with van der Waals surface area (Å²) in [6.45, 7) is 5.33. The van der Waals surface area contributed by atoms with E-state index in [0.717, 1.165) is 30.6 Å². The van der Waals surface area contributed by atoms with Crippen molar-refractivity contribution in [2.45, 2.75) is 31.3 Å². The van der Waals surface area contributed by atoms with E-state index in [0.29, 0.717) is 16.5 Å². The summed E-state index contributed by atoms with van der Waals surface area (Å²) in [4.78, 5) is 2.06. The molecule has 7 nitrogen and oxygen atoms in total. The zero-order valence-corrected chi connectivity index (χ0v) is 22.3. The number of para-hydroxylation sites is 1. The third kappa shape index (κ3) is 5.55.